The van der Waals surface area contributed by atoms with Crippen molar-refractivity contribution in [3.63, 3.8) is 0 Å². The van der Waals surface area contributed by atoms with Crippen LogP contribution in [0.4, 0.5) is 4.79 Å². The number of amides is 2. The zero-order chi connectivity index (χ0) is 15.4. The van der Waals surface area contributed by atoms with Crippen LogP contribution in [0, 0.1) is 5.41 Å². The highest BCUT2D eigenvalue weighted by molar-refractivity contribution is 7.07. The molecule has 2 aliphatic heterocycles. The summed E-state index contributed by atoms with van der Waals surface area (Å²) in [4.78, 5) is 14.6. The molecule has 2 saturated heterocycles. The lowest BCUT2D eigenvalue weighted by Crippen LogP contribution is -2.53. The molecule has 22 heavy (non-hydrogen) atoms. The van der Waals surface area contributed by atoms with Gasteiger partial charge in [-0.25, -0.2) is 4.79 Å². The standard InChI is InChI=1S/C17H26N2O2S/c1-14(11-15-3-10-22-12-15)18-16(20)19-7-2-4-17(13-19)5-8-21-9-6-17/h3,10,12,14H,2,4-9,11,13H2,1H3,(H,18,20)/t14-/m0/s1. The molecule has 2 amide bonds. The van der Waals surface area contributed by atoms with Gasteiger partial charge in [-0.15, -0.1) is 0 Å². The number of ether oxygens (including phenoxy) is 1. The fourth-order valence-corrected chi connectivity index (χ4v) is 4.39. The molecule has 3 heterocycles. The molecule has 0 bridgehead atoms. The van der Waals surface area contributed by atoms with Gasteiger partial charge in [0.1, 0.15) is 0 Å². The van der Waals surface area contributed by atoms with Gasteiger partial charge in [0.25, 0.3) is 0 Å². The van der Waals surface area contributed by atoms with Gasteiger partial charge in [-0.2, -0.15) is 11.3 Å². The smallest absolute Gasteiger partial charge is 0.317 e. The van der Waals surface area contributed by atoms with Crippen molar-refractivity contribution in [2.24, 2.45) is 5.41 Å². The fourth-order valence-electron chi connectivity index (χ4n) is 3.71. The molecule has 0 aromatic carbocycles. The average molecular weight is 322 g/mol. The first kappa shape index (κ1) is 15.8. The molecule has 0 aliphatic carbocycles. The van der Waals surface area contributed by atoms with Crippen molar-refractivity contribution >= 4 is 17.4 Å². The maximum atomic E-state index is 12.5. The molecule has 0 unspecified atom stereocenters. The number of nitrogens with zero attached hydrogens (tertiary/aromatic N) is 1. The minimum Gasteiger partial charge on any atom is -0.381 e. The van der Waals surface area contributed by atoms with Crippen molar-refractivity contribution < 1.29 is 9.53 Å². The Bertz CT molecular complexity index is 477. The molecule has 0 saturated carbocycles. The number of piperidine rings is 1. The summed E-state index contributed by atoms with van der Waals surface area (Å²) in [7, 11) is 0. The fraction of sp³-hybridized carbons (Fsp3) is 0.706. The van der Waals surface area contributed by atoms with Crippen LogP contribution < -0.4 is 5.32 Å². The van der Waals surface area contributed by atoms with Crippen molar-refractivity contribution in [2.45, 2.75) is 45.1 Å². The molecule has 1 spiro atoms. The Labute approximate surface area is 136 Å². The van der Waals surface area contributed by atoms with Crippen LogP contribution in [0.25, 0.3) is 0 Å². The molecule has 1 aromatic heterocycles. The SMILES string of the molecule is C[C@@H](Cc1ccsc1)NC(=O)N1CCCC2(CCOCC2)C1. The van der Waals surface area contributed by atoms with E-state index in [4.69, 9.17) is 4.74 Å². The first-order valence-electron chi connectivity index (χ1n) is 8.31. The van der Waals surface area contributed by atoms with Crippen molar-refractivity contribution in [1.82, 2.24) is 10.2 Å². The van der Waals surface area contributed by atoms with E-state index in [1.165, 1.54) is 12.0 Å². The molecule has 2 aliphatic rings. The predicted octanol–water partition coefficient (Wildman–Crippen LogP) is 3.28. The third-order valence-electron chi connectivity index (χ3n) is 4.99. The summed E-state index contributed by atoms with van der Waals surface area (Å²) in [6.07, 6.45) is 5.46. The molecule has 3 rings (SSSR count). The molecule has 2 fully saturated rings. The van der Waals surface area contributed by atoms with E-state index in [0.717, 1.165) is 52.0 Å². The van der Waals surface area contributed by atoms with Gasteiger partial charge in [-0.1, -0.05) is 0 Å². The van der Waals surface area contributed by atoms with Crippen LogP contribution in [0.15, 0.2) is 16.8 Å². The van der Waals surface area contributed by atoms with E-state index < -0.39 is 0 Å². The first-order chi connectivity index (χ1) is 10.7. The highest BCUT2D eigenvalue weighted by atomic mass is 32.1. The Hall–Kier alpha value is -1.07. The van der Waals surface area contributed by atoms with E-state index in [-0.39, 0.29) is 12.1 Å². The minimum atomic E-state index is 0.105. The van der Waals surface area contributed by atoms with E-state index in [2.05, 4.69) is 29.1 Å². The summed E-state index contributed by atoms with van der Waals surface area (Å²) in [5, 5.41) is 7.41. The Kier molecular flexibility index (Phi) is 5.03. The Morgan fingerprint density at radius 1 is 1.45 bits per heavy atom. The van der Waals surface area contributed by atoms with Crippen molar-refractivity contribution in [3.05, 3.63) is 22.4 Å². The third kappa shape index (κ3) is 3.82. The van der Waals surface area contributed by atoms with Gasteiger partial charge in [-0.05, 0) is 66.8 Å². The van der Waals surface area contributed by atoms with E-state index in [1.54, 1.807) is 11.3 Å². The first-order valence-corrected chi connectivity index (χ1v) is 9.25. The average Bonchev–Trinajstić information content (AvgIpc) is 3.01. The molecule has 122 valence electrons. The third-order valence-corrected chi connectivity index (χ3v) is 5.73. The molecule has 4 nitrogen and oxygen atoms in total. The van der Waals surface area contributed by atoms with Crippen molar-refractivity contribution in [3.8, 4) is 0 Å². The summed E-state index contributed by atoms with van der Waals surface area (Å²) in [5.74, 6) is 0. The van der Waals surface area contributed by atoms with Crippen molar-refractivity contribution in [1.29, 1.82) is 0 Å². The second-order valence-electron chi connectivity index (χ2n) is 6.82. The predicted molar refractivity (Wildman–Crippen MR) is 89.3 cm³/mol. The second kappa shape index (κ2) is 7.01. The van der Waals surface area contributed by atoms with Crippen LogP contribution in [0.3, 0.4) is 0 Å². The lowest BCUT2D eigenvalue weighted by molar-refractivity contribution is -0.0187. The highest BCUT2D eigenvalue weighted by Gasteiger charge is 2.38. The summed E-state index contributed by atoms with van der Waals surface area (Å²) < 4.78 is 5.50. The highest BCUT2D eigenvalue weighted by Crippen LogP contribution is 2.39. The van der Waals surface area contributed by atoms with Crippen LogP contribution >= 0.6 is 11.3 Å². The van der Waals surface area contributed by atoms with Crippen LogP contribution in [-0.4, -0.2) is 43.3 Å². The molecule has 0 radical (unpaired) electrons. The summed E-state index contributed by atoms with van der Waals surface area (Å²) >= 11 is 1.71. The Morgan fingerprint density at radius 3 is 3.00 bits per heavy atom. The van der Waals surface area contributed by atoms with Gasteiger partial charge in [-0.3, -0.25) is 0 Å². The van der Waals surface area contributed by atoms with Gasteiger partial charge in [0.05, 0.1) is 0 Å². The molecule has 1 aromatic rings. The maximum Gasteiger partial charge on any atom is 0.317 e. The molecule has 5 heteroatoms. The van der Waals surface area contributed by atoms with Crippen molar-refractivity contribution in [2.75, 3.05) is 26.3 Å². The lowest BCUT2D eigenvalue weighted by Gasteiger charge is -2.45. The van der Waals surface area contributed by atoms with E-state index in [9.17, 15) is 4.79 Å². The largest absolute Gasteiger partial charge is 0.381 e. The number of likely N-dealkylation sites (tertiary alicyclic amines) is 1. The summed E-state index contributed by atoms with van der Waals surface area (Å²) in [5.41, 5.74) is 1.61. The van der Waals surface area contributed by atoms with E-state index in [1.807, 2.05) is 4.90 Å². The Morgan fingerprint density at radius 2 is 2.27 bits per heavy atom. The van der Waals surface area contributed by atoms with Gasteiger partial charge in [0, 0.05) is 32.3 Å². The van der Waals surface area contributed by atoms with Crippen LogP contribution in [0.5, 0.6) is 0 Å². The number of hydrogen-bond donors (Lipinski definition) is 1. The zero-order valence-corrected chi connectivity index (χ0v) is 14.2. The number of thiophene rings is 1. The zero-order valence-electron chi connectivity index (χ0n) is 13.3. The summed E-state index contributed by atoms with van der Waals surface area (Å²) in [6.45, 7) is 5.57. The van der Waals surface area contributed by atoms with E-state index >= 15 is 0 Å². The number of urea groups is 1. The lowest BCUT2D eigenvalue weighted by atomic mass is 9.74. The molecule has 1 atom stereocenters. The molecule has 1 N–H and O–H groups in total. The number of carbonyl (C=O) groups is 1. The van der Waals surface area contributed by atoms with Gasteiger partial charge in [0.2, 0.25) is 0 Å². The number of nitrogens with one attached hydrogen (secondary N) is 1. The van der Waals surface area contributed by atoms with Gasteiger partial charge < -0.3 is 15.0 Å². The topological polar surface area (TPSA) is 41.6 Å². The monoisotopic (exact) mass is 322 g/mol. The van der Waals surface area contributed by atoms with Crippen LogP contribution in [0.1, 0.15) is 38.2 Å². The number of hydrogen-bond acceptors (Lipinski definition) is 3. The van der Waals surface area contributed by atoms with Gasteiger partial charge in [0.15, 0.2) is 0 Å². The number of rotatable bonds is 3. The molecular weight excluding hydrogens is 296 g/mol. The van der Waals surface area contributed by atoms with E-state index in [0.29, 0.717) is 5.41 Å². The Balaban J connectivity index is 1.52. The normalized spacial score (nSPS) is 22.5. The maximum absolute atomic E-state index is 12.5. The van der Waals surface area contributed by atoms with Crippen LogP contribution in [-0.2, 0) is 11.2 Å². The molecular formula is C17H26N2O2S. The second-order valence-corrected chi connectivity index (χ2v) is 7.60. The summed E-state index contributed by atoms with van der Waals surface area (Å²) in [6, 6.07) is 2.41. The number of carbonyl (C=O) groups excluding carboxylic acids is 1. The van der Waals surface area contributed by atoms with Gasteiger partial charge >= 0.3 is 6.03 Å². The minimum absolute atomic E-state index is 0.105. The van der Waals surface area contributed by atoms with Crippen LogP contribution in [0.2, 0.25) is 0 Å². The quantitative estimate of drug-likeness (QED) is 0.928.